The van der Waals surface area contributed by atoms with E-state index in [-0.39, 0.29) is 18.0 Å². The number of nitrogens with two attached hydrogens (primary N) is 1. The number of benzene rings is 1. The molecule has 2 atom stereocenters. The lowest BCUT2D eigenvalue weighted by atomic mass is 9.89. The molecular formula is C24H27N7O. The lowest BCUT2D eigenvalue weighted by Crippen LogP contribution is -2.64. The van der Waals surface area contributed by atoms with Gasteiger partial charge in [0.1, 0.15) is 5.82 Å². The molecule has 6 rings (SSSR count). The molecule has 0 radical (unpaired) electrons. The van der Waals surface area contributed by atoms with Crippen LogP contribution in [0.5, 0.6) is 0 Å². The fourth-order valence-electron chi connectivity index (χ4n) is 4.75. The Morgan fingerprint density at radius 1 is 1.09 bits per heavy atom. The number of pyridine rings is 1. The molecule has 1 amide bonds. The normalized spacial score (nSPS) is 21.2. The Morgan fingerprint density at radius 3 is 2.41 bits per heavy atom. The number of nitriles is 1. The highest BCUT2D eigenvalue weighted by Gasteiger charge is 2.43. The Hall–Kier alpha value is -3.73. The number of rotatable bonds is 4. The third kappa shape index (κ3) is 4.06. The van der Waals surface area contributed by atoms with Crippen LogP contribution in [0.4, 0.5) is 11.5 Å². The van der Waals surface area contributed by atoms with Crippen LogP contribution in [0, 0.1) is 22.1 Å². The van der Waals surface area contributed by atoms with Gasteiger partial charge >= 0.3 is 0 Å². The number of fused-ring (bicyclic) bond motifs is 3. The Balaban J connectivity index is 0.000000567. The van der Waals surface area contributed by atoms with Crippen LogP contribution in [0.2, 0.25) is 0 Å². The number of nitrogens with one attached hydrogen (secondary N) is 2. The summed E-state index contributed by atoms with van der Waals surface area (Å²) >= 11 is 0. The molecule has 3 aliphatic heterocycles. The van der Waals surface area contributed by atoms with Crippen molar-refractivity contribution in [3.63, 3.8) is 0 Å². The molecule has 4 heterocycles. The van der Waals surface area contributed by atoms with Gasteiger partial charge in [-0.25, -0.2) is 4.98 Å². The number of anilines is 2. The zero-order chi connectivity index (χ0) is 22.7. The number of piperidine rings is 2. The van der Waals surface area contributed by atoms with Gasteiger partial charge in [-0.2, -0.15) is 5.26 Å². The van der Waals surface area contributed by atoms with E-state index in [0.717, 1.165) is 61.6 Å². The van der Waals surface area contributed by atoms with Crippen molar-refractivity contribution < 1.29 is 4.79 Å². The molecule has 8 heteroatoms. The smallest absolute Gasteiger partial charge is 0.256 e. The largest absolute Gasteiger partial charge is 0.398 e. The van der Waals surface area contributed by atoms with Gasteiger partial charge in [0.2, 0.25) is 0 Å². The Kier molecular flexibility index (Phi) is 6.17. The average molecular weight is 430 g/mol. The summed E-state index contributed by atoms with van der Waals surface area (Å²) in [5.74, 6) is 1.44. The first-order valence-electron chi connectivity index (χ1n) is 10.9. The van der Waals surface area contributed by atoms with E-state index in [1.165, 1.54) is 0 Å². The number of nitrogen functional groups attached to an aromatic ring is 1. The molecule has 4 N–H and O–H groups in total. The second-order valence-electron chi connectivity index (χ2n) is 8.40. The predicted octanol–water partition coefficient (Wildman–Crippen LogP) is 3.19. The lowest BCUT2D eigenvalue weighted by Gasteiger charge is -2.52. The minimum atomic E-state index is 0.0219. The fraction of sp³-hybridized carbons (Fsp3) is 0.375. The van der Waals surface area contributed by atoms with Crippen molar-refractivity contribution in [2.45, 2.75) is 43.7 Å². The molecule has 4 fully saturated rings. The molecule has 4 aliphatic rings. The highest BCUT2D eigenvalue weighted by atomic mass is 16.2. The molecular weight excluding hydrogens is 402 g/mol. The van der Waals surface area contributed by atoms with Crippen molar-refractivity contribution in [1.82, 2.24) is 9.88 Å². The molecule has 2 unspecified atom stereocenters. The Labute approximate surface area is 187 Å². The average Bonchev–Trinajstić information content (AvgIpc) is 3.69. The first kappa shape index (κ1) is 21.5. The van der Waals surface area contributed by atoms with Gasteiger partial charge in [0.05, 0.1) is 17.2 Å². The summed E-state index contributed by atoms with van der Waals surface area (Å²) < 4.78 is 0. The van der Waals surface area contributed by atoms with E-state index < -0.39 is 0 Å². The second kappa shape index (κ2) is 9.18. The van der Waals surface area contributed by atoms with Crippen molar-refractivity contribution >= 4 is 29.8 Å². The van der Waals surface area contributed by atoms with Gasteiger partial charge in [0, 0.05) is 55.1 Å². The summed E-state index contributed by atoms with van der Waals surface area (Å²) in [4.78, 5) is 22.1. The predicted molar refractivity (Wildman–Crippen MR) is 125 cm³/mol. The molecule has 8 nitrogen and oxygen atoms in total. The van der Waals surface area contributed by atoms with E-state index in [1.807, 2.05) is 23.1 Å². The Morgan fingerprint density at radius 2 is 1.81 bits per heavy atom. The topological polar surface area (TPSA) is 134 Å². The van der Waals surface area contributed by atoms with Crippen LogP contribution >= 0.6 is 0 Å². The van der Waals surface area contributed by atoms with Gasteiger partial charge in [0.25, 0.3) is 5.91 Å². The van der Waals surface area contributed by atoms with Gasteiger partial charge in [-0.15, -0.1) is 0 Å². The number of carbonyl (C=O) groups excluding carboxylic acids is 1. The summed E-state index contributed by atoms with van der Waals surface area (Å²) in [5.41, 5.74) is 9.02. The summed E-state index contributed by atoms with van der Waals surface area (Å²) in [6.07, 6.45) is 7.88. The van der Waals surface area contributed by atoms with Gasteiger partial charge in [-0.1, -0.05) is 12.1 Å². The molecule has 2 bridgehead atoms. The number of aromatic nitrogens is 1. The molecule has 3 saturated heterocycles. The van der Waals surface area contributed by atoms with Crippen LogP contribution in [-0.4, -0.2) is 53.4 Å². The number of para-hydroxylation sites is 1. The number of hydrogen-bond acceptors (Lipinski definition) is 7. The minimum Gasteiger partial charge on any atom is -0.398 e. The summed E-state index contributed by atoms with van der Waals surface area (Å²) in [6.45, 7) is 1.45. The van der Waals surface area contributed by atoms with Crippen LogP contribution in [0.3, 0.4) is 0 Å². The van der Waals surface area contributed by atoms with Crippen molar-refractivity contribution in [2.75, 3.05) is 23.7 Å². The molecule has 2 aromatic rings. The van der Waals surface area contributed by atoms with E-state index in [0.29, 0.717) is 23.7 Å². The monoisotopic (exact) mass is 429 g/mol. The van der Waals surface area contributed by atoms with E-state index in [4.69, 9.17) is 16.6 Å². The molecule has 32 heavy (non-hydrogen) atoms. The summed E-state index contributed by atoms with van der Waals surface area (Å²) in [7, 11) is 0. The van der Waals surface area contributed by atoms with Crippen LogP contribution in [0.1, 0.15) is 53.1 Å². The maximum atomic E-state index is 13.1. The number of amides is 1. The van der Waals surface area contributed by atoms with Crippen molar-refractivity contribution in [1.29, 1.82) is 16.1 Å². The van der Waals surface area contributed by atoms with Crippen molar-refractivity contribution in [3.05, 3.63) is 53.2 Å². The molecule has 0 spiro atoms. The maximum Gasteiger partial charge on any atom is 0.256 e. The number of nitrogens with zero attached hydrogens (tertiary/aromatic N) is 4. The molecule has 164 valence electrons. The minimum absolute atomic E-state index is 0.0219. The van der Waals surface area contributed by atoms with Gasteiger partial charge in [-0.3, -0.25) is 4.79 Å². The maximum absolute atomic E-state index is 13.1. The highest BCUT2D eigenvalue weighted by Crippen LogP contribution is 2.47. The van der Waals surface area contributed by atoms with E-state index in [2.05, 4.69) is 16.0 Å². The summed E-state index contributed by atoms with van der Waals surface area (Å²) in [5, 5.41) is 21.7. The summed E-state index contributed by atoms with van der Waals surface area (Å²) in [6, 6.07) is 11.9. The van der Waals surface area contributed by atoms with Crippen LogP contribution in [-0.2, 0) is 0 Å². The van der Waals surface area contributed by atoms with E-state index >= 15 is 0 Å². The zero-order valence-corrected chi connectivity index (χ0v) is 17.9. The third-order valence-electron chi connectivity index (χ3n) is 6.41. The van der Waals surface area contributed by atoms with E-state index in [1.54, 1.807) is 18.3 Å². The first-order chi connectivity index (χ1) is 15.6. The molecule has 1 aliphatic carbocycles. The van der Waals surface area contributed by atoms with Crippen molar-refractivity contribution in [3.8, 4) is 6.07 Å². The highest BCUT2D eigenvalue weighted by molar-refractivity contribution is 6.12. The standard InChI is InChI=1S/C22H23N5O.C2H4N2/c23-11-15-9-10-25-21(20(15)14-5-6-14)26-12-17-8-7-16(26)13-27(17)22(28)18-3-1-2-4-19(18)24;3-1-2-4/h1-4,9-10,14,16-17H,5-8,12-13,24H2;1-4H. The van der Waals surface area contributed by atoms with Crippen LogP contribution < -0.4 is 10.6 Å². The SMILES string of the molecule is N#Cc1ccnc(N2CC3CCC2CN3C(=O)c2ccccc2N)c1C1CC1.N=CC=N. The number of piperazine rings is 1. The quantitative estimate of drug-likeness (QED) is 0.507. The second-order valence-corrected chi connectivity index (χ2v) is 8.40. The van der Waals surface area contributed by atoms with E-state index in [9.17, 15) is 10.1 Å². The van der Waals surface area contributed by atoms with Crippen LogP contribution in [0.15, 0.2) is 36.5 Å². The third-order valence-corrected chi connectivity index (χ3v) is 6.41. The first-order valence-corrected chi connectivity index (χ1v) is 10.9. The van der Waals surface area contributed by atoms with Gasteiger partial charge in [0.15, 0.2) is 0 Å². The molecule has 1 saturated carbocycles. The molecule has 1 aromatic carbocycles. The zero-order valence-electron chi connectivity index (χ0n) is 17.9. The van der Waals surface area contributed by atoms with Crippen molar-refractivity contribution in [2.24, 2.45) is 0 Å². The number of carbonyl (C=O) groups is 1. The van der Waals surface area contributed by atoms with Gasteiger partial charge < -0.3 is 26.4 Å². The van der Waals surface area contributed by atoms with Gasteiger partial charge in [-0.05, 0) is 49.8 Å². The lowest BCUT2D eigenvalue weighted by molar-refractivity contribution is 0.0505. The fourth-order valence-corrected chi connectivity index (χ4v) is 4.75. The molecule has 1 aromatic heterocycles. The number of hydrogen-bond donors (Lipinski definition) is 3. The Bertz CT molecular complexity index is 1070. The van der Waals surface area contributed by atoms with Crippen LogP contribution in [0.25, 0.3) is 0 Å².